The van der Waals surface area contributed by atoms with Gasteiger partial charge in [-0.3, -0.25) is 29.0 Å². The van der Waals surface area contributed by atoms with Crippen molar-refractivity contribution in [2.45, 2.75) is 79.1 Å². The summed E-state index contributed by atoms with van der Waals surface area (Å²) in [6.45, 7) is 14.3. The summed E-state index contributed by atoms with van der Waals surface area (Å²) in [6, 6.07) is 6.20. The molecular weight excluding hydrogens is 628 g/mol. The number of ether oxygens (including phenoxy) is 5. The van der Waals surface area contributed by atoms with Crippen LogP contribution in [0.4, 0.5) is 11.4 Å². The van der Waals surface area contributed by atoms with Crippen LogP contribution >= 0.6 is 0 Å². The Labute approximate surface area is 278 Å². The summed E-state index contributed by atoms with van der Waals surface area (Å²) in [7, 11) is 2.53. The van der Waals surface area contributed by atoms with Gasteiger partial charge in [0, 0.05) is 0 Å². The molecule has 0 fully saturated rings. The van der Waals surface area contributed by atoms with Crippen LogP contribution in [0.2, 0.25) is 0 Å². The van der Waals surface area contributed by atoms with Gasteiger partial charge in [0.25, 0.3) is 11.8 Å². The van der Waals surface area contributed by atoms with Crippen LogP contribution < -0.4 is 19.3 Å². The standard InChI is InChI=1S/C19H25NO6.C15H17NO6/c1-11-8-14-13(9-12(11)16(22)24-7)20(17(23)19(5,6)25-14)10-15(21)26-18(2,3)4;1-8-5-11-10(6-9(8)13(19)21-4)16(7-12(17)18)14(20)15(2,3)22-11/h8-9H,10H2,1-7H3;5-6H,7H2,1-4H3,(H,17,18). The van der Waals surface area contributed by atoms with Crippen molar-refractivity contribution in [3.05, 3.63) is 46.5 Å². The van der Waals surface area contributed by atoms with E-state index < -0.39 is 59.0 Å². The van der Waals surface area contributed by atoms with Gasteiger partial charge in [0.1, 0.15) is 30.2 Å². The molecule has 2 aliphatic rings. The monoisotopic (exact) mass is 670 g/mol. The normalized spacial score (nSPS) is 15.8. The van der Waals surface area contributed by atoms with Crippen molar-refractivity contribution in [2.75, 3.05) is 37.1 Å². The Balaban J connectivity index is 0.000000264. The molecule has 0 bridgehead atoms. The summed E-state index contributed by atoms with van der Waals surface area (Å²) in [5.41, 5.74) is -0.581. The van der Waals surface area contributed by atoms with Crippen LogP contribution in [0.5, 0.6) is 11.5 Å². The highest BCUT2D eigenvalue weighted by atomic mass is 16.6. The maximum Gasteiger partial charge on any atom is 0.338 e. The summed E-state index contributed by atoms with van der Waals surface area (Å²) < 4.78 is 26.3. The summed E-state index contributed by atoms with van der Waals surface area (Å²) in [5, 5.41) is 9.03. The number of carbonyl (C=O) groups excluding carboxylic acids is 5. The Morgan fingerprint density at radius 2 is 1.10 bits per heavy atom. The number of aliphatic carboxylic acids is 1. The van der Waals surface area contributed by atoms with E-state index >= 15 is 0 Å². The van der Waals surface area contributed by atoms with Gasteiger partial charge in [0.15, 0.2) is 11.2 Å². The van der Waals surface area contributed by atoms with Gasteiger partial charge in [-0.25, -0.2) is 9.59 Å². The molecule has 0 unspecified atom stereocenters. The molecule has 0 radical (unpaired) electrons. The number of rotatable bonds is 6. The molecule has 0 saturated carbocycles. The van der Waals surface area contributed by atoms with E-state index in [-0.39, 0.29) is 17.8 Å². The lowest BCUT2D eigenvalue weighted by Crippen LogP contribution is -2.54. The van der Waals surface area contributed by atoms with Crippen molar-refractivity contribution >= 4 is 47.1 Å². The highest BCUT2D eigenvalue weighted by Gasteiger charge is 2.44. The van der Waals surface area contributed by atoms with Crippen LogP contribution in [-0.4, -0.2) is 84.9 Å². The zero-order valence-electron chi connectivity index (χ0n) is 29.1. The molecule has 2 aromatic rings. The first-order valence-corrected chi connectivity index (χ1v) is 14.9. The number of carboxylic acids is 1. The Morgan fingerprint density at radius 1 is 0.729 bits per heavy atom. The Hall–Kier alpha value is -5.14. The lowest BCUT2D eigenvalue weighted by molar-refractivity contribution is -0.154. The molecule has 2 amide bonds. The summed E-state index contributed by atoms with van der Waals surface area (Å²) in [4.78, 5) is 74.7. The lowest BCUT2D eigenvalue weighted by Gasteiger charge is -2.39. The van der Waals surface area contributed by atoms with Crippen molar-refractivity contribution < 1.29 is 57.6 Å². The van der Waals surface area contributed by atoms with E-state index in [0.29, 0.717) is 33.9 Å². The van der Waals surface area contributed by atoms with Gasteiger partial charge >= 0.3 is 23.9 Å². The number of aryl methyl sites for hydroxylation is 2. The second kappa shape index (κ2) is 13.5. The second-order valence-corrected chi connectivity index (χ2v) is 13.2. The molecule has 4 rings (SSSR count). The fourth-order valence-corrected chi connectivity index (χ4v) is 5.04. The highest BCUT2D eigenvalue weighted by Crippen LogP contribution is 2.41. The first-order valence-electron chi connectivity index (χ1n) is 14.9. The minimum atomic E-state index is -1.18. The van der Waals surface area contributed by atoms with Crippen molar-refractivity contribution in [1.29, 1.82) is 0 Å². The molecule has 1 N–H and O–H groups in total. The molecule has 14 nitrogen and oxygen atoms in total. The van der Waals surface area contributed by atoms with Crippen LogP contribution in [0.3, 0.4) is 0 Å². The third-order valence-electron chi connectivity index (χ3n) is 7.26. The molecular formula is C34H42N2O12. The van der Waals surface area contributed by atoms with Crippen molar-refractivity contribution in [1.82, 2.24) is 0 Å². The predicted octanol–water partition coefficient (Wildman–Crippen LogP) is 4.00. The lowest BCUT2D eigenvalue weighted by atomic mass is 10.00. The van der Waals surface area contributed by atoms with Crippen LogP contribution in [0.25, 0.3) is 0 Å². The third-order valence-corrected chi connectivity index (χ3v) is 7.26. The van der Waals surface area contributed by atoms with E-state index in [1.807, 2.05) is 0 Å². The van der Waals surface area contributed by atoms with Crippen molar-refractivity contribution in [2.24, 2.45) is 0 Å². The van der Waals surface area contributed by atoms with Crippen molar-refractivity contribution in [3.63, 3.8) is 0 Å². The van der Waals surface area contributed by atoms with E-state index in [9.17, 15) is 28.8 Å². The second-order valence-electron chi connectivity index (χ2n) is 13.2. The Morgan fingerprint density at radius 3 is 1.44 bits per heavy atom. The number of anilines is 2. The minimum Gasteiger partial charge on any atom is -0.480 e. The number of esters is 3. The third kappa shape index (κ3) is 8.04. The van der Waals surface area contributed by atoms with E-state index in [0.717, 1.165) is 4.90 Å². The first-order chi connectivity index (χ1) is 22.0. The van der Waals surface area contributed by atoms with E-state index in [1.165, 1.54) is 31.3 Å². The fourth-order valence-electron chi connectivity index (χ4n) is 5.04. The number of nitrogens with zero attached hydrogens (tertiary/aromatic N) is 2. The number of carbonyl (C=O) groups is 6. The molecule has 14 heteroatoms. The van der Waals surface area contributed by atoms with Gasteiger partial charge in [-0.05, 0) is 97.7 Å². The van der Waals surface area contributed by atoms with E-state index in [2.05, 4.69) is 0 Å². The fraction of sp³-hybridized carbons (Fsp3) is 0.471. The summed E-state index contributed by atoms with van der Waals surface area (Å²) >= 11 is 0. The molecule has 0 aliphatic carbocycles. The quantitative estimate of drug-likeness (QED) is 0.346. The molecule has 2 aliphatic heterocycles. The number of fused-ring (bicyclic) bond motifs is 2. The summed E-state index contributed by atoms with van der Waals surface area (Å²) in [5.74, 6) is -2.89. The van der Waals surface area contributed by atoms with Crippen LogP contribution in [0.1, 0.15) is 80.3 Å². The number of hydrogen-bond acceptors (Lipinski definition) is 11. The largest absolute Gasteiger partial charge is 0.480 e. The highest BCUT2D eigenvalue weighted by molar-refractivity contribution is 6.07. The minimum absolute atomic E-state index is 0.248. The average Bonchev–Trinajstić information content (AvgIpc) is 2.95. The molecule has 2 aromatic carbocycles. The zero-order valence-corrected chi connectivity index (χ0v) is 29.1. The topological polar surface area (TPSA) is 175 Å². The smallest absolute Gasteiger partial charge is 0.338 e. The van der Waals surface area contributed by atoms with Gasteiger partial charge in [-0.1, -0.05) is 0 Å². The van der Waals surface area contributed by atoms with Gasteiger partial charge in [0.05, 0.1) is 36.7 Å². The maximum atomic E-state index is 12.8. The maximum absolute atomic E-state index is 12.8. The Kier molecular flexibility index (Phi) is 10.5. The van der Waals surface area contributed by atoms with Gasteiger partial charge in [0.2, 0.25) is 0 Å². The van der Waals surface area contributed by atoms with Gasteiger partial charge in [-0.15, -0.1) is 0 Å². The Bertz CT molecular complexity index is 1670. The number of amides is 2. The van der Waals surface area contributed by atoms with Gasteiger partial charge in [-0.2, -0.15) is 0 Å². The zero-order chi connectivity index (χ0) is 36.5. The van der Waals surface area contributed by atoms with E-state index in [1.54, 1.807) is 74.4 Å². The molecule has 2 heterocycles. The van der Waals surface area contributed by atoms with Crippen LogP contribution in [-0.2, 0) is 33.4 Å². The first kappa shape index (κ1) is 37.3. The SMILES string of the molecule is COC(=O)c1cc2c(cc1C)OC(C)(C)C(=O)N2CC(=O)O.COC(=O)c1cc2c(cc1C)OC(C)(C)C(=O)N2CC(=O)OC(C)(C)C. The van der Waals surface area contributed by atoms with Crippen molar-refractivity contribution in [3.8, 4) is 11.5 Å². The van der Waals surface area contributed by atoms with Crippen LogP contribution in [0, 0.1) is 13.8 Å². The van der Waals surface area contributed by atoms with Gasteiger partial charge < -0.3 is 28.8 Å². The molecule has 0 spiro atoms. The number of hydrogen-bond donors (Lipinski definition) is 1. The predicted molar refractivity (Wildman–Crippen MR) is 173 cm³/mol. The number of benzene rings is 2. The van der Waals surface area contributed by atoms with E-state index in [4.69, 9.17) is 28.8 Å². The molecule has 0 aromatic heterocycles. The number of methoxy groups -OCH3 is 2. The summed E-state index contributed by atoms with van der Waals surface area (Å²) in [6.07, 6.45) is 0. The average molecular weight is 671 g/mol. The molecule has 0 saturated heterocycles. The number of carboxylic acid groups (broad SMARTS) is 1. The molecule has 0 atom stereocenters. The molecule has 260 valence electrons. The van der Waals surface area contributed by atoms with Crippen LogP contribution in [0.15, 0.2) is 24.3 Å². The molecule has 48 heavy (non-hydrogen) atoms.